The topological polar surface area (TPSA) is 67.3 Å². The first-order valence-electron chi connectivity index (χ1n) is 9.24. The maximum Gasteiger partial charge on any atom is 0.256 e. The Bertz CT molecular complexity index is 1000. The SMILES string of the molecule is CN1CCC(Oc2cc(NC(=O)c3cc(F)cc4ccncc34)ccn2)CC1. The van der Waals surface area contributed by atoms with Gasteiger partial charge in [0.15, 0.2) is 0 Å². The van der Waals surface area contributed by atoms with Gasteiger partial charge in [-0.3, -0.25) is 9.78 Å². The molecule has 1 saturated heterocycles. The number of hydrogen-bond donors (Lipinski definition) is 1. The van der Waals surface area contributed by atoms with E-state index < -0.39 is 11.7 Å². The van der Waals surface area contributed by atoms with Gasteiger partial charge in [-0.2, -0.15) is 0 Å². The predicted octanol–water partition coefficient (Wildman–Crippen LogP) is 3.49. The van der Waals surface area contributed by atoms with Crippen LogP contribution < -0.4 is 10.1 Å². The van der Waals surface area contributed by atoms with Gasteiger partial charge in [-0.05, 0) is 49.5 Å². The highest BCUT2D eigenvalue weighted by atomic mass is 19.1. The fraction of sp³-hybridized carbons (Fsp3) is 0.286. The third-order valence-electron chi connectivity index (χ3n) is 4.91. The van der Waals surface area contributed by atoms with Crippen LogP contribution in [-0.4, -0.2) is 47.0 Å². The molecule has 0 aliphatic carbocycles. The number of ether oxygens (including phenoxy) is 1. The first-order valence-corrected chi connectivity index (χ1v) is 9.24. The number of nitrogens with zero attached hydrogens (tertiary/aromatic N) is 3. The Hall–Kier alpha value is -3.06. The maximum atomic E-state index is 13.9. The molecule has 0 saturated carbocycles. The molecule has 1 amide bonds. The second kappa shape index (κ2) is 7.90. The Kier molecular flexibility index (Phi) is 5.16. The monoisotopic (exact) mass is 380 g/mol. The van der Waals surface area contributed by atoms with Crippen LogP contribution in [0.3, 0.4) is 0 Å². The third-order valence-corrected chi connectivity index (χ3v) is 4.91. The van der Waals surface area contributed by atoms with Crippen molar-refractivity contribution in [1.29, 1.82) is 0 Å². The average molecular weight is 380 g/mol. The van der Waals surface area contributed by atoms with Crippen LogP contribution in [0, 0.1) is 5.82 Å². The highest BCUT2D eigenvalue weighted by Gasteiger charge is 2.19. The molecule has 1 aliphatic heterocycles. The van der Waals surface area contributed by atoms with Crippen LogP contribution in [0.1, 0.15) is 23.2 Å². The highest BCUT2D eigenvalue weighted by Crippen LogP contribution is 2.23. The number of halogens is 1. The van der Waals surface area contributed by atoms with Gasteiger partial charge in [-0.1, -0.05) is 0 Å². The van der Waals surface area contributed by atoms with Gasteiger partial charge in [0.2, 0.25) is 5.88 Å². The molecule has 1 aromatic carbocycles. The first kappa shape index (κ1) is 18.3. The molecule has 0 atom stereocenters. The molecule has 3 heterocycles. The second-order valence-corrected chi connectivity index (χ2v) is 7.01. The number of carbonyl (C=O) groups is 1. The summed E-state index contributed by atoms with van der Waals surface area (Å²) in [5, 5.41) is 4.02. The van der Waals surface area contributed by atoms with Gasteiger partial charge in [-0.15, -0.1) is 0 Å². The Morgan fingerprint density at radius 2 is 2.04 bits per heavy atom. The highest BCUT2D eigenvalue weighted by molar-refractivity contribution is 6.12. The van der Waals surface area contributed by atoms with E-state index in [0.717, 1.165) is 25.9 Å². The average Bonchev–Trinajstić information content (AvgIpc) is 2.69. The van der Waals surface area contributed by atoms with Crippen LogP contribution >= 0.6 is 0 Å². The molecule has 0 radical (unpaired) electrons. The van der Waals surface area contributed by atoms with Gasteiger partial charge in [-0.25, -0.2) is 9.37 Å². The lowest BCUT2D eigenvalue weighted by molar-refractivity contribution is 0.102. The van der Waals surface area contributed by atoms with Crippen LogP contribution in [0.5, 0.6) is 5.88 Å². The van der Waals surface area contributed by atoms with Crippen molar-refractivity contribution in [2.24, 2.45) is 0 Å². The molecule has 7 heteroatoms. The van der Waals surface area contributed by atoms with E-state index in [2.05, 4.69) is 27.2 Å². The van der Waals surface area contributed by atoms with E-state index in [-0.39, 0.29) is 11.7 Å². The number of pyridine rings is 2. The molecule has 1 fully saturated rings. The van der Waals surface area contributed by atoms with Crippen LogP contribution in [0.25, 0.3) is 10.8 Å². The Labute approximate surface area is 162 Å². The van der Waals surface area contributed by atoms with Crippen LogP contribution in [0.2, 0.25) is 0 Å². The molecule has 1 aliphatic rings. The Morgan fingerprint density at radius 1 is 1.21 bits per heavy atom. The number of amides is 1. The summed E-state index contributed by atoms with van der Waals surface area (Å²) in [5.41, 5.74) is 0.780. The first-order chi connectivity index (χ1) is 13.6. The zero-order valence-corrected chi connectivity index (χ0v) is 15.6. The Morgan fingerprint density at radius 3 is 2.86 bits per heavy atom. The van der Waals surface area contributed by atoms with E-state index in [4.69, 9.17) is 4.74 Å². The minimum absolute atomic E-state index is 0.118. The van der Waals surface area contributed by atoms with Crippen molar-refractivity contribution in [3.63, 3.8) is 0 Å². The lowest BCUT2D eigenvalue weighted by Crippen LogP contribution is -2.35. The zero-order valence-electron chi connectivity index (χ0n) is 15.6. The lowest BCUT2D eigenvalue weighted by Gasteiger charge is -2.28. The number of anilines is 1. The van der Waals surface area contributed by atoms with E-state index in [1.54, 1.807) is 36.8 Å². The number of aromatic nitrogens is 2. The molecule has 0 unspecified atom stereocenters. The summed E-state index contributed by atoms with van der Waals surface area (Å²) >= 11 is 0. The summed E-state index contributed by atoms with van der Waals surface area (Å²) in [5.74, 6) is -0.406. The minimum Gasteiger partial charge on any atom is -0.474 e. The van der Waals surface area contributed by atoms with Gasteiger partial charge < -0.3 is 15.0 Å². The number of carbonyl (C=O) groups excluding carboxylic acids is 1. The van der Waals surface area contributed by atoms with Crippen LogP contribution in [0.15, 0.2) is 48.9 Å². The molecule has 6 nitrogen and oxygen atoms in total. The molecule has 2 aromatic heterocycles. The van der Waals surface area contributed by atoms with Gasteiger partial charge in [0, 0.05) is 48.8 Å². The molecular weight excluding hydrogens is 359 g/mol. The number of rotatable bonds is 4. The van der Waals surface area contributed by atoms with E-state index in [9.17, 15) is 9.18 Å². The molecular formula is C21H21FN4O2. The van der Waals surface area contributed by atoms with Crippen LogP contribution in [0.4, 0.5) is 10.1 Å². The minimum atomic E-state index is -0.468. The fourth-order valence-electron chi connectivity index (χ4n) is 3.37. The second-order valence-electron chi connectivity index (χ2n) is 7.01. The molecule has 28 heavy (non-hydrogen) atoms. The van der Waals surface area contributed by atoms with Gasteiger partial charge in [0.05, 0.1) is 5.56 Å². The van der Waals surface area contributed by atoms with Crippen molar-refractivity contribution in [3.05, 3.63) is 60.3 Å². The van der Waals surface area contributed by atoms with Gasteiger partial charge >= 0.3 is 0 Å². The number of likely N-dealkylation sites (tertiary alicyclic amines) is 1. The van der Waals surface area contributed by atoms with Crippen molar-refractivity contribution in [3.8, 4) is 5.88 Å². The number of nitrogens with one attached hydrogen (secondary N) is 1. The number of hydrogen-bond acceptors (Lipinski definition) is 5. The summed E-state index contributed by atoms with van der Waals surface area (Å²) in [6.07, 6.45) is 6.72. The van der Waals surface area contributed by atoms with E-state index in [1.165, 1.54) is 12.1 Å². The zero-order chi connectivity index (χ0) is 19.5. The van der Waals surface area contributed by atoms with Crippen molar-refractivity contribution in [2.75, 3.05) is 25.5 Å². The van der Waals surface area contributed by atoms with Crippen molar-refractivity contribution in [2.45, 2.75) is 18.9 Å². The molecule has 3 aromatic rings. The van der Waals surface area contributed by atoms with E-state index in [0.29, 0.717) is 22.3 Å². The molecule has 0 spiro atoms. The summed E-state index contributed by atoms with van der Waals surface area (Å²) in [6, 6.07) is 7.65. The molecule has 144 valence electrons. The summed E-state index contributed by atoms with van der Waals surface area (Å²) < 4.78 is 19.9. The number of fused-ring (bicyclic) bond motifs is 1. The summed E-state index contributed by atoms with van der Waals surface area (Å²) in [7, 11) is 2.09. The summed E-state index contributed by atoms with van der Waals surface area (Å²) in [6.45, 7) is 1.98. The van der Waals surface area contributed by atoms with E-state index >= 15 is 0 Å². The number of benzene rings is 1. The lowest BCUT2D eigenvalue weighted by atomic mass is 10.1. The maximum absolute atomic E-state index is 13.9. The Balaban J connectivity index is 1.51. The van der Waals surface area contributed by atoms with Gasteiger partial charge in [0.25, 0.3) is 5.91 Å². The third kappa shape index (κ3) is 4.09. The fourth-order valence-corrected chi connectivity index (χ4v) is 3.37. The van der Waals surface area contributed by atoms with Crippen molar-refractivity contribution in [1.82, 2.24) is 14.9 Å². The van der Waals surface area contributed by atoms with Crippen molar-refractivity contribution >= 4 is 22.4 Å². The van der Waals surface area contributed by atoms with E-state index in [1.807, 2.05) is 0 Å². The quantitative estimate of drug-likeness (QED) is 0.750. The van der Waals surface area contributed by atoms with Crippen LogP contribution in [-0.2, 0) is 0 Å². The largest absolute Gasteiger partial charge is 0.474 e. The molecule has 1 N–H and O–H groups in total. The standard InChI is InChI=1S/C21H21FN4O2/c1-26-8-4-17(5-9-26)28-20-12-16(3-7-24-20)25-21(27)18-11-15(22)10-14-2-6-23-13-19(14)18/h2-3,6-7,10-13,17H,4-5,8-9H2,1H3,(H,24,25,27). The van der Waals surface area contributed by atoms with Crippen molar-refractivity contribution < 1.29 is 13.9 Å². The molecule has 4 rings (SSSR count). The van der Waals surface area contributed by atoms with Gasteiger partial charge in [0.1, 0.15) is 11.9 Å². The normalized spacial score (nSPS) is 15.5. The smallest absolute Gasteiger partial charge is 0.256 e. The number of piperidine rings is 1. The summed E-state index contributed by atoms with van der Waals surface area (Å²) in [4.78, 5) is 23.3. The predicted molar refractivity (Wildman–Crippen MR) is 105 cm³/mol. The molecule has 0 bridgehead atoms.